The summed E-state index contributed by atoms with van der Waals surface area (Å²) in [7, 11) is -2.52. The summed E-state index contributed by atoms with van der Waals surface area (Å²) >= 11 is 0. The highest BCUT2D eigenvalue weighted by Gasteiger charge is 2.27. The van der Waals surface area contributed by atoms with Crippen molar-refractivity contribution >= 4 is 25.4 Å². The molecule has 2 aliphatic rings. The maximum atomic E-state index is 12.2. The molecular formula is C22H33N3O2S2. The third-order valence-corrected chi connectivity index (χ3v) is 9.81. The fraction of sp³-hybridized carbons (Fsp3) is 0.682. The standard InChI is InChI=1S/C22H33N3O2S2/c1-17(2)19-8-10-24(11-9-19)16-18-6-12-25(13-7-18)22-14-21(29(26,27)28-3)5-4-20(22)15-23/h4-5,14,17-19H,6-13,16H2,1-3H3. The third-order valence-electron chi connectivity index (χ3n) is 6.64. The zero-order valence-electron chi connectivity index (χ0n) is 17.8. The van der Waals surface area contributed by atoms with Crippen molar-refractivity contribution in [2.24, 2.45) is 17.8 Å². The molecule has 3 rings (SSSR count). The van der Waals surface area contributed by atoms with Gasteiger partial charge in [-0.15, -0.1) is 0 Å². The van der Waals surface area contributed by atoms with Crippen molar-refractivity contribution < 1.29 is 8.42 Å². The van der Waals surface area contributed by atoms with Gasteiger partial charge in [0.1, 0.15) is 6.07 Å². The van der Waals surface area contributed by atoms with Gasteiger partial charge in [0.15, 0.2) is 0 Å². The van der Waals surface area contributed by atoms with Crippen LogP contribution in [-0.4, -0.2) is 52.3 Å². The number of nitriles is 1. The molecule has 160 valence electrons. The molecule has 0 spiro atoms. The van der Waals surface area contributed by atoms with Gasteiger partial charge in [-0.1, -0.05) is 13.8 Å². The molecule has 2 heterocycles. The Morgan fingerprint density at radius 3 is 2.34 bits per heavy atom. The molecule has 1 aromatic carbocycles. The summed E-state index contributed by atoms with van der Waals surface area (Å²) in [6, 6.07) is 7.10. The molecule has 7 heteroatoms. The highest BCUT2D eigenvalue weighted by molar-refractivity contribution is 8.71. The Kier molecular flexibility index (Phi) is 7.53. The van der Waals surface area contributed by atoms with E-state index >= 15 is 0 Å². The maximum absolute atomic E-state index is 12.2. The number of anilines is 1. The number of hydrogen-bond acceptors (Lipinski definition) is 6. The molecule has 0 atom stereocenters. The number of rotatable bonds is 6. The Balaban J connectivity index is 1.60. The van der Waals surface area contributed by atoms with E-state index in [-0.39, 0.29) is 4.90 Å². The van der Waals surface area contributed by atoms with E-state index in [1.165, 1.54) is 32.5 Å². The smallest absolute Gasteiger partial charge is 0.229 e. The number of nitrogens with zero attached hydrogens (tertiary/aromatic N) is 3. The van der Waals surface area contributed by atoms with Gasteiger partial charge >= 0.3 is 0 Å². The number of benzene rings is 1. The average Bonchev–Trinajstić information content (AvgIpc) is 2.74. The monoisotopic (exact) mass is 435 g/mol. The molecule has 2 aliphatic heterocycles. The van der Waals surface area contributed by atoms with E-state index in [2.05, 4.69) is 29.7 Å². The Labute approximate surface area is 179 Å². The molecule has 0 unspecified atom stereocenters. The lowest BCUT2D eigenvalue weighted by Gasteiger charge is -2.39. The van der Waals surface area contributed by atoms with E-state index in [9.17, 15) is 13.7 Å². The first-order chi connectivity index (χ1) is 13.8. The first-order valence-electron chi connectivity index (χ1n) is 10.7. The lowest BCUT2D eigenvalue weighted by atomic mass is 9.86. The van der Waals surface area contributed by atoms with Gasteiger partial charge in [-0.25, -0.2) is 8.42 Å². The minimum absolute atomic E-state index is 0.286. The van der Waals surface area contributed by atoms with Gasteiger partial charge in [0.25, 0.3) is 0 Å². The van der Waals surface area contributed by atoms with E-state index in [1.54, 1.807) is 24.5 Å². The van der Waals surface area contributed by atoms with E-state index < -0.39 is 8.87 Å². The number of piperidine rings is 2. The molecule has 0 radical (unpaired) electrons. The van der Waals surface area contributed by atoms with Crippen LogP contribution in [0.25, 0.3) is 0 Å². The van der Waals surface area contributed by atoms with E-state index in [1.807, 2.05) is 0 Å². The molecule has 0 N–H and O–H groups in total. The minimum atomic E-state index is -3.35. The third kappa shape index (κ3) is 5.48. The lowest BCUT2D eigenvalue weighted by molar-refractivity contribution is 0.132. The molecule has 29 heavy (non-hydrogen) atoms. The Morgan fingerprint density at radius 2 is 1.79 bits per heavy atom. The van der Waals surface area contributed by atoms with Gasteiger partial charge in [-0.2, -0.15) is 5.26 Å². The normalized spacial score (nSPS) is 20.2. The topological polar surface area (TPSA) is 64.4 Å². The number of likely N-dealkylation sites (tertiary alicyclic amines) is 1. The molecule has 0 saturated carbocycles. The minimum Gasteiger partial charge on any atom is -0.370 e. The highest BCUT2D eigenvalue weighted by Crippen LogP contribution is 2.32. The van der Waals surface area contributed by atoms with Crippen LogP contribution in [-0.2, 0) is 8.87 Å². The molecule has 0 bridgehead atoms. The quantitative estimate of drug-likeness (QED) is 0.624. The van der Waals surface area contributed by atoms with Crippen LogP contribution in [0.5, 0.6) is 0 Å². The van der Waals surface area contributed by atoms with Gasteiger partial charge in [0.05, 0.1) is 16.1 Å². The Bertz CT molecular complexity index is 832. The summed E-state index contributed by atoms with van der Waals surface area (Å²) in [5.41, 5.74) is 1.32. The first kappa shape index (κ1) is 22.5. The van der Waals surface area contributed by atoms with Gasteiger partial charge < -0.3 is 9.80 Å². The average molecular weight is 436 g/mol. The van der Waals surface area contributed by atoms with Crippen molar-refractivity contribution in [2.45, 2.75) is 44.4 Å². The van der Waals surface area contributed by atoms with Crippen LogP contribution in [0.3, 0.4) is 0 Å². The lowest BCUT2D eigenvalue weighted by Crippen LogP contribution is -2.42. The van der Waals surface area contributed by atoms with E-state index in [4.69, 9.17) is 0 Å². The summed E-state index contributed by atoms with van der Waals surface area (Å²) in [6.07, 6.45) is 6.39. The predicted octanol–water partition coefficient (Wildman–Crippen LogP) is 4.19. The Hall–Kier alpha value is -1.23. The molecule has 2 saturated heterocycles. The predicted molar refractivity (Wildman–Crippen MR) is 121 cm³/mol. The van der Waals surface area contributed by atoms with Crippen LogP contribution in [0.2, 0.25) is 0 Å². The molecule has 0 aliphatic carbocycles. The number of hydrogen-bond donors (Lipinski definition) is 0. The van der Waals surface area contributed by atoms with Crippen LogP contribution in [0.15, 0.2) is 23.1 Å². The van der Waals surface area contributed by atoms with E-state index in [0.717, 1.165) is 54.2 Å². The Morgan fingerprint density at radius 1 is 1.14 bits per heavy atom. The molecule has 5 nitrogen and oxygen atoms in total. The second kappa shape index (κ2) is 9.72. The van der Waals surface area contributed by atoms with Gasteiger partial charge in [0.2, 0.25) is 8.87 Å². The summed E-state index contributed by atoms with van der Waals surface area (Å²) < 4.78 is 24.5. The second-order valence-electron chi connectivity index (χ2n) is 8.72. The fourth-order valence-electron chi connectivity index (χ4n) is 4.64. The molecule has 2 fully saturated rings. The van der Waals surface area contributed by atoms with Crippen molar-refractivity contribution in [1.29, 1.82) is 5.26 Å². The first-order valence-corrected chi connectivity index (χ1v) is 13.9. The second-order valence-corrected chi connectivity index (χ2v) is 12.8. The SMILES string of the molecule is CSS(=O)(=O)c1ccc(C#N)c(N2CCC(CN3CCC(C(C)C)CC3)CC2)c1. The van der Waals surface area contributed by atoms with Crippen LogP contribution in [0, 0.1) is 29.1 Å². The molecular weight excluding hydrogens is 402 g/mol. The molecule has 1 aromatic rings. The summed E-state index contributed by atoms with van der Waals surface area (Å²) in [5.74, 6) is 2.35. The van der Waals surface area contributed by atoms with Crippen LogP contribution >= 0.6 is 10.8 Å². The van der Waals surface area contributed by atoms with Crippen molar-refractivity contribution in [1.82, 2.24) is 4.90 Å². The van der Waals surface area contributed by atoms with Crippen molar-refractivity contribution in [3.8, 4) is 6.07 Å². The van der Waals surface area contributed by atoms with Crippen molar-refractivity contribution in [3.05, 3.63) is 23.8 Å². The molecule has 0 amide bonds. The van der Waals surface area contributed by atoms with Gasteiger partial charge in [-0.05, 0) is 91.8 Å². The summed E-state index contributed by atoms with van der Waals surface area (Å²) in [6.45, 7) is 10.0. The fourth-order valence-corrected chi connectivity index (χ4v) is 6.21. The highest BCUT2D eigenvalue weighted by atomic mass is 33.1. The van der Waals surface area contributed by atoms with Gasteiger partial charge in [0, 0.05) is 19.6 Å². The molecule has 0 aromatic heterocycles. The van der Waals surface area contributed by atoms with Crippen LogP contribution in [0.1, 0.15) is 45.1 Å². The zero-order chi connectivity index (χ0) is 21.0. The maximum Gasteiger partial charge on any atom is 0.229 e. The zero-order valence-corrected chi connectivity index (χ0v) is 19.4. The summed E-state index contributed by atoms with van der Waals surface area (Å²) in [5, 5.41) is 9.49. The van der Waals surface area contributed by atoms with Crippen molar-refractivity contribution in [2.75, 3.05) is 43.9 Å². The van der Waals surface area contributed by atoms with E-state index in [0.29, 0.717) is 11.5 Å². The summed E-state index contributed by atoms with van der Waals surface area (Å²) in [4.78, 5) is 5.11. The van der Waals surface area contributed by atoms with Gasteiger partial charge in [-0.3, -0.25) is 0 Å². The van der Waals surface area contributed by atoms with Crippen molar-refractivity contribution in [3.63, 3.8) is 0 Å². The van der Waals surface area contributed by atoms with Crippen LogP contribution < -0.4 is 4.90 Å². The van der Waals surface area contributed by atoms with Crippen LogP contribution in [0.4, 0.5) is 5.69 Å². The largest absolute Gasteiger partial charge is 0.370 e.